The van der Waals surface area contributed by atoms with E-state index in [0.717, 1.165) is 25.1 Å². The summed E-state index contributed by atoms with van der Waals surface area (Å²) in [5.74, 6) is 0.178. The van der Waals surface area contributed by atoms with Crippen molar-refractivity contribution in [2.45, 2.75) is 32.1 Å². The van der Waals surface area contributed by atoms with Crippen molar-refractivity contribution in [3.63, 3.8) is 0 Å². The Morgan fingerprint density at radius 3 is 2.50 bits per heavy atom. The van der Waals surface area contributed by atoms with Crippen LogP contribution in [0.15, 0.2) is 24.3 Å². The van der Waals surface area contributed by atoms with Crippen LogP contribution in [0.4, 0.5) is 13.2 Å². The molecule has 2 atom stereocenters. The average molecular weight is 286 g/mol. The molecule has 1 saturated heterocycles. The van der Waals surface area contributed by atoms with Gasteiger partial charge in [0.1, 0.15) is 0 Å². The second kappa shape index (κ2) is 5.83. The molecule has 2 rings (SSSR count). The summed E-state index contributed by atoms with van der Waals surface area (Å²) in [6.07, 6.45) is -3.37. The Bertz CT molecular complexity index is 470. The fourth-order valence-corrected chi connectivity index (χ4v) is 2.30. The lowest BCUT2D eigenvalue weighted by molar-refractivity contribution is -0.137. The number of hydrogen-bond acceptors (Lipinski definition) is 2. The van der Waals surface area contributed by atoms with E-state index in [2.05, 4.69) is 10.6 Å². The molecule has 0 bridgehead atoms. The number of carbonyl (C=O) groups is 1. The van der Waals surface area contributed by atoms with E-state index in [-0.39, 0.29) is 24.4 Å². The normalized spacial score (nSPS) is 22.8. The number of hydrogen-bond donors (Lipinski definition) is 2. The second-order valence-corrected chi connectivity index (χ2v) is 5.11. The number of alkyl halides is 3. The molecule has 1 aromatic rings. The van der Waals surface area contributed by atoms with Crippen LogP contribution in [-0.4, -0.2) is 18.5 Å². The van der Waals surface area contributed by atoms with Gasteiger partial charge in [0, 0.05) is 6.54 Å². The van der Waals surface area contributed by atoms with E-state index >= 15 is 0 Å². The van der Waals surface area contributed by atoms with Crippen molar-refractivity contribution in [3.05, 3.63) is 35.4 Å². The zero-order valence-electron chi connectivity index (χ0n) is 11.1. The maximum atomic E-state index is 12.4. The van der Waals surface area contributed by atoms with Crippen LogP contribution in [0.2, 0.25) is 0 Å². The van der Waals surface area contributed by atoms with Gasteiger partial charge in [0.2, 0.25) is 5.91 Å². The third-order valence-electron chi connectivity index (χ3n) is 3.56. The minimum Gasteiger partial charge on any atom is -0.351 e. The highest BCUT2D eigenvalue weighted by molar-refractivity contribution is 5.82. The molecule has 0 aromatic heterocycles. The number of halogens is 3. The van der Waals surface area contributed by atoms with Gasteiger partial charge in [-0.15, -0.1) is 0 Å². The summed E-state index contributed by atoms with van der Waals surface area (Å²) in [5, 5.41) is 5.86. The van der Waals surface area contributed by atoms with Crippen molar-refractivity contribution in [2.24, 2.45) is 5.92 Å². The van der Waals surface area contributed by atoms with Gasteiger partial charge in [-0.25, -0.2) is 0 Å². The van der Waals surface area contributed by atoms with Crippen LogP contribution in [0.1, 0.15) is 24.5 Å². The predicted octanol–water partition coefficient (Wildman–Crippen LogP) is 2.32. The summed E-state index contributed by atoms with van der Waals surface area (Å²) in [7, 11) is 0. The highest BCUT2D eigenvalue weighted by Crippen LogP contribution is 2.29. The highest BCUT2D eigenvalue weighted by Gasteiger charge is 2.30. The fourth-order valence-electron chi connectivity index (χ4n) is 2.30. The monoisotopic (exact) mass is 286 g/mol. The maximum absolute atomic E-state index is 12.4. The van der Waals surface area contributed by atoms with Gasteiger partial charge in [0.25, 0.3) is 0 Å². The van der Waals surface area contributed by atoms with Crippen molar-refractivity contribution >= 4 is 5.91 Å². The van der Waals surface area contributed by atoms with Gasteiger partial charge >= 0.3 is 6.18 Å². The van der Waals surface area contributed by atoms with Crippen LogP contribution in [0, 0.1) is 5.92 Å². The number of nitrogens with one attached hydrogen (secondary N) is 2. The van der Waals surface area contributed by atoms with E-state index in [4.69, 9.17) is 0 Å². The van der Waals surface area contributed by atoms with Crippen LogP contribution in [0.25, 0.3) is 0 Å². The number of benzene rings is 1. The number of amides is 1. The molecule has 3 nitrogen and oxygen atoms in total. The molecule has 2 unspecified atom stereocenters. The van der Waals surface area contributed by atoms with Gasteiger partial charge in [0.15, 0.2) is 0 Å². The Labute approximate surface area is 115 Å². The molecule has 1 heterocycles. The Morgan fingerprint density at radius 2 is 2.00 bits per heavy atom. The Kier molecular flexibility index (Phi) is 4.32. The lowest BCUT2D eigenvalue weighted by Gasteiger charge is -2.15. The minimum absolute atomic E-state index is 0.102. The summed E-state index contributed by atoms with van der Waals surface area (Å²) in [6.45, 7) is 3.06. The van der Waals surface area contributed by atoms with E-state index in [1.54, 1.807) is 0 Å². The largest absolute Gasteiger partial charge is 0.416 e. The van der Waals surface area contributed by atoms with Crippen LogP contribution in [-0.2, 0) is 17.5 Å². The first-order chi connectivity index (χ1) is 9.38. The Hall–Kier alpha value is -1.56. The zero-order valence-corrected chi connectivity index (χ0v) is 11.1. The van der Waals surface area contributed by atoms with Crippen molar-refractivity contribution in [3.8, 4) is 0 Å². The molecule has 6 heteroatoms. The van der Waals surface area contributed by atoms with E-state index in [0.29, 0.717) is 5.56 Å². The second-order valence-electron chi connectivity index (χ2n) is 5.11. The van der Waals surface area contributed by atoms with Crippen LogP contribution >= 0.6 is 0 Å². The minimum atomic E-state index is -4.33. The average Bonchev–Trinajstić information content (AvgIpc) is 2.82. The SMILES string of the molecule is CC1CCNC1C(=O)NCc1ccc(C(F)(F)F)cc1. The van der Waals surface area contributed by atoms with E-state index in [1.165, 1.54) is 12.1 Å². The van der Waals surface area contributed by atoms with Gasteiger partial charge in [-0.2, -0.15) is 13.2 Å². The molecule has 0 radical (unpaired) electrons. The van der Waals surface area contributed by atoms with Gasteiger partial charge < -0.3 is 10.6 Å². The van der Waals surface area contributed by atoms with Gasteiger partial charge in [-0.3, -0.25) is 4.79 Å². The summed E-state index contributed by atoms with van der Waals surface area (Å²) in [5.41, 5.74) is -0.0318. The quantitative estimate of drug-likeness (QED) is 0.895. The van der Waals surface area contributed by atoms with E-state index in [1.807, 2.05) is 6.92 Å². The first-order valence-electron chi connectivity index (χ1n) is 6.55. The van der Waals surface area contributed by atoms with Crippen molar-refractivity contribution in [1.82, 2.24) is 10.6 Å². The Balaban J connectivity index is 1.89. The predicted molar refractivity (Wildman–Crippen MR) is 68.9 cm³/mol. The first-order valence-corrected chi connectivity index (χ1v) is 6.55. The third kappa shape index (κ3) is 3.50. The summed E-state index contributed by atoms with van der Waals surface area (Å²) >= 11 is 0. The summed E-state index contributed by atoms with van der Waals surface area (Å²) in [6, 6.07) is 4.61. The number of rotatable bonds is 3. The summed E-state index contributed by atoms with van der Waals surface area (Å²) < 4.78 is 37.2. The van der Waals surface area contributed by atoms with Crippen LogP contribution in [0.3, 0.4) is 0 Å². The smallest absolute Gasteiger partial charge is 0.351 e. The molecule has 1 fully saturated rings. The molecule has 2 N–H and O–H groups in total. The molecular formula is C14H17F3N2O. The zero-order chi connectivity index (χ0) is 14.8. The van der Waals surface area contributed by atoms with Crippen molar-refractivity contribution < 1.29 is 18.0 Å². The molecule has 110 valence electrons. The lowest BCUT2D eigenvalue weighted by Crippen LogP contribution is -2.42. The molecule has 1 aliphatic rings. The molecule has 0 saturated carbocycles. The van der Waals surface area contributed by atoms with Gasteiger partial charge in [-0.1, -0.05) is 19.1 Å². The molecule has 1 aliphatic heterocycles. The first kappa shape index (κ1) is 14.8. The molecule has 20 heavy (non-hydrogen) atoms. The lowest BCUT2D eigenvalue weighted by atomic mass is 10.0. The van der Waals surface area contributed by atoms with E-state index in [9.17, 15) is 18.0 Å². The Morgan fingerprint density at radius 1 is 1.35 bits per heavy atom. The van der Waals surface area contributed by atoms with Gasteiger partial charge in [-0.05, 0) is 36.6 Å². The molecule has 0 spiro atoms. The molecule has 0 aliphatic carbocycles. The molecular weight excluding hydrogens is 269 g/mol. The van der Waals surface area contributed by atoms with Crippen LogP contribution in [0.5, 0.6) is 0 Å². The topological polar surface area (TPSA) is 41.1 Å². The molecule has 1 aromatic carbocycles. The van der Waals surface area contributed by atoms with Crippen molar-refractivity contribution in [2.75, 3.05) is 6.54 Å². The maximum Gasteiger partial charge on any atom is 0.416 e. The fraction of sp³-hybridized carbons (Fsp3) is 0.500. The number of carbonyl (C=O) groups excluding carboxylic acids is 1. The highest BCUT2D eigenvalue weighted by atomic mass is 19.4. The summed E-state index contributed by atoms with van der Waals surface area (Å²) in [4.78, 5) is 11.9. The van der Waals surface area contributed by atoms with Gasteiger partial charge in [0.05, 0.1) is 11.6 Å². The van der Waals surface area contributed by atoms with E-state index < -0.39 is 11.7 Å². The van der Waals surface area contributed by atoms with Crippen LogP contribution < -0.4 is 10.6 Å². The standard InChI is InChI=1S/C14H17F3N2O/c1-9-6-7-18-12(9)13(20)19-8-10-2-4-11(5-3-10)14(15,16)17/h2-5,9,12,18H,6-8H2,1H3,(H,19,20). The molecule has 1 amide bonds. The third-order valence-corrected chi connectivity index (χ3v) is 3.56. The van der Waals surface area contributed by atoms with Crippen molar-refractivity contribution in [1.29, 1.82) is 0 Å².